The molecule has 0 aliphatic carbocycles. The number of pyridine rings is 2. The van der Waals surface area contributed by atoms with E-state index in [9.17, 15) is 9.59 Å². The van der Waals surface area contributed by atoms with E-state index in [0.717, 1.165) is 11.1 Å². The van der Waals surface area contributed by atoms with Crippen molar-refractivity contribution in [3.8, 4) is 0 Å². The Bertz CT molecular complexity index is 1240. The zero-order valence-corrected chi connectivity index (χ0v) is 18.4. The van der Waals surface area contributed by atoms with Gasteiger partial charge in [0.25, 0.3) is 11.8 Å². The highest BCUT2D eigenvalue weighted by Crippen LogP contribution is 2.15. The predicted molar refractivity (Wildman–Crippen MR) is 133 cm³/mol. The summed E-state index contributed by atoms with van der Waals surface area (Å²) in [5.74, 6) is 0.971. The number of anilines is 4. The lowest BCUT2D eigenvalue weighted by Crippen LogP contribution is -2.14. The summed E-state index contributed by atoms with van der Waals surface area (Å²) in [4.78, 5) is 33.4. The summed E-state index contributed by atoms with van der Waals surface area (Å²) in [5, 5.41) is 5.51. The fraction of sp³-hybridized carbons (Fsp3) is 0.0769. The van der Waals surface area contributed by atoms with Gasteiger partial charge in [-0.25, -0.2) is 9.97 Å². The van der Waals surface area contributed by atoms with E-state index >= 15 is 0 Å². The zero-order chi connectivity index (χ0) is 23.9. The molecule has 0 bridgehead atoms. The number of carbonyl (C=O) groups excluding carboxylic acids is 2. The summed E-state index contributed by atoms with van der Waals surface area (Å²) in [7, 11) is 0. The van der Waals surface area contributed by atoms with Crippen LogP contribution in [0, 0.1) is 0 Å². The molecule has 170 valence electrons. The molecule has 0 saturated heterocycles. The molecule has 34 heavy (non-hydrogen) atoms. The lowest BCUT2D eigenvalue weighted by atomic mass is 10.0. The van der Waals surface area contributed by atoms with Gasteiger partial charge in [0.15, 0.2) is 0 Å². The fourth-order valence-electron chi connectivity index (χ4n) is 3.44. The first-order valence-corrected chi connectivity index (χ1v) is 10.7. The monoisotopic (exact) mass is 452 g/mol. The summed E-state index contributed by atoms with van der Waals surface area (Å²) in [6, 6.07) is 25.0. The minimum Gasteiger partial charge on any atom is -0.384 e. The Morgan fingerprint density at radius 1 is 0.618 bits per heavy atom. The molecule has 2 heterocycles. The van der Waals surface area contributed by atoms with Gasteiger partial charge in [-0.15, -0.1) is 0 Å². The number of nitrogens with one attached hydrogen (secondary N) is 2. The van der Waals surface area contributed by atoms with Crippen molar-refractivity contribution >= 4 is 35.1 Å². The van der Waals surface area contributed by atoms with E-state index < -0.39 is 0 Å². The van der Waals surface area contributed by atoms with Gasteiger partial charge in [-0.1, -0.05) is 36.4 Å². The Balaban J connectivity index is 1.39. The van der Waals surface area contributed by atoms with Crippen molar-refractivity contribution in [2.45, 2.75) is 12.8 Å². The van der Waals surface area contributed by atoms with Crippen LogP contribution in [-0.4, -0.2) is 21.8 Å². The molecule has 0 radical (unpaired) electrons. The molecule has 4 aromatic rings. The van der Waals surface area contributed by atoms with Crippen LogP contribution in [0.3, 0.4) is 0 Å². The molecular weight excluding hydrogens is 428 g/mol. The van der Waals surface area contributed by atoms with Gasteiger partial charge < -0.3 is 22.1 Å². The highest BCUT2D eigenvalue weighted by atomic mass is 16.2. The van der Waals surface area contributed by atoms with E-state index in [4.69, 9.17) is 11.5 Å². The smallest absolute Gasteiger partial charge is 0.256 e. The number of amides is 2. The highest BCUT2D eigenvalue weighted by molar-refractivity contribution is 6.04. The third kappa shape index (κ3) is 5.95. The maximum Gasteiger partial charge on any atom is 0.256 e. The molecule has 0 unspecified atom stereocenters. The van der Waals surface area contributed by atoms with E-state index in [0.29, 0.717) is 47.2 Å². The summed E-state index contributed by atoms with van der Waals surface area (Å²) < 4.78 is 0. The molecular formula is C26H24N6O2. The maximum absolute atomic E-state index is 12.6. The fourth-order valence-corrected chi connectivity index (χ4v) is 3.44. The molecule has 4 rings (SSSR count). The molecule has 6 N–H and O–H groups in total. The Morgan fingerprint density at radius 3 is 1.44 bits per heavy atom. The molecule has 2 aromatic carbocycles. The number of carbonyl (C=O) groups is 2. The summed E-state index contributed by atoms with van der Waals surface area (Å²) >= 11 is 0. The molecule has 2 aromatic heterocycles. The van der Waals surface area contributed by atoms with Gasteiger partial charge in [0.2, 0.25) is 0 Å². The summed E-state index contributed by atoms with van der Waals surface area (Å²) in [5.41, 5.74) is 14.4. The minimum absolute atomic E-state index is 0.256. The van der Waals surface area contributed by atoms with E-state index in [-0.39, 0.29) is 11.8 Å². The summed E-state index contributed by atoms with van der Waals surface area (Å²) in [6.45, 7) is 0. The lowest BCUT2D eigenvalue weighted by Gasteiger charge is -2.09. The zero-order valence-electron chi connectivity index (χ0n) is 18.4. The molecule has 8 heteroatoms. The molecule has 0 aliphatic rings. The number of aromatic nitrogens is 2. The summed E-state index contributed by atoms with van der Waals surface area (Å²) in [6.07, 6.45) is 1.42. The number of nitrogen functional groups attached to an aromatic ring is 2. The number of hydrogen-bond acceptors (Lipinski definition) is 6. The van der Waals surface area contributed by atoms with Crippen molar-refractivity contribution in [2.75, 3.05) is 22.1 Å². The first kappa shape index (κ1) is 22.5. The van der Waals surface area contributed by atoms with Crippen LogP contribution >= 0.6 is 0 Å². The average Bonchev–Trinajstić information content (AvgIpc) is 2.83. The van der Waals surface area contributed by atoms with Crippen LogP contribution in [0.2, 0.25) is 0 Å². The number of aryl methyl sites for hydroxylation is 2. The Morgan fingerprint density at radius 2 is 1.03 bits per heavy atom. The van der Waals surface area contributed by atoms with Crippen LogP contribution in [0.25, 0.3) is 0 Å². The van der Waals surface area contributed by atoms with E-state index in [1.807, 2.05) is 36.4 Å². The van der Waals surface area contributed by atoms with Crippen molar-refractivity contribution in [1.82, 2.24) is 9.97 Å². The second-order valence-corrected chi connectivity index (χ2v) is 7.70. The minimum atomic E-state index is -0.256. The lowest BCUT2D eigenvalue weighted by molar-refractivity contribution is 0.101. The van der Waals surface area contributed by atoms with Crippen molar-refractivity contribution in [3.05, 3.63) is 107 Å². The van der Waals surface area contributed by atoms with Gasteiger partial charge in [-0.05, 0) is 72.5 Å². The predicted octanol–water partition coefficient (Wildman–Crippen LogP) is 3.93. The van der Waals surface area contributed by atoms with E-state index in [1.54, 1.807) is 48.5 Å². The van der Waals surface area contributed by atoms with Gasteiger partial charge in [-0.3, -0.25) is 9.59 Å². The largest absolute Gasteiger partial charge is 0.384 e. The SMILES string of the molecule is Nc1cccc(NC(=O)c2cccc(CCc3cccc(C(=O)Nc4cccc(N)n4)c3)c2)n1. The van der Waals surface area contributed by atoms with Gasteiger partial charge in [0.1, 0.15) is 23.3 Å². The second-order valence-electron chi connectivity index (χ2n) is 7.70. The van der Waals surface area contributed by atoms with Crippen LogP contribution in [-0.2, 0) is 12.8 Å². The molecule has 0 saturated carbocycles. The Hall–Kier alpha value is -4.72. The number of nitrogens with two attached hydrogens (primary N) is 2. The van der Waals surface area contributed by atoms with Crippen LogP contribution in [0.5, 0.6) is 0 Å². The number of rotatable bonds is 7. The van der Waals surface area contributed by atoms with Crippen molar-refractivity contribution < 1.29 is 9.59 Å². The van der Waals surface area contributed by atoms with Crippen LogP contribution in [0.1, 0.15) is 31.8 Å². The van der Waals surface area contributed by atoms with Crippen molar-refractivity contribution in [1.29, 1.82) is 0 Å². The molecule has 0 aliphatic heterocycles. The number of benzene rings is 2. The van der Waals surface area contributed by atoms with Crippen molar-refractivity contribution in [3.63, 3.8) is 0 Å². The molecule has 8 nitrogen and oxygen atoms in total. The van der Waals surface area contributed by atoms with Gasteiger partial charge in [0, 0.05) is 11.1 Å². The number of nitrogens with zero attached hydrogens (tertiary/aromatic N) is 2. The van der Waals surface area contributed by atoms with Crippen molar-refractivity contribution in [2.24, 2.45) is 0 Å². The first-order chi connectivity index (χ1) is 16.5. The normalized spacial score (nSPS) is 10.5. The topological polar surface area (TPSA) is 136 Å². The van der Waals surface area contributed by atoms with Gasteiger partial charge >= 0.3 is 0 Å². The second kappa shape index (κ2) is 10.3. The van der Waals surface area contributed by atoms with E-state index in [1.165, 1.54) is 0 Å². The molecule has 2 amide bonds. The standard InChI is InChI=1S/C26H24N6O2/c27-21-9-3-11-23(29-21)31-25(33)19-7-1-5-17(15-19)13-14-18-6-2-8-20(16-18)26(34)32-24-12-4-10-22(28)30-24/h1-12,15-16H,13-14H2,(H3,27,29,31,33)(H3,28,30,32,34). The van der Waals surface area contributed by atoms with Gasteiger partial charge in [-0.2, -0.15) is 0 Å². The molecule has 0 spiro atoms. The third-order valence-electron chi connectivity index (χ3n) is 5.11. The van der Waals surface area contributed by atoms with Gasteiger partial charge in [0.05, 0.1) is 0 Å². The van der Waals surface area contributed by atoms with Crippen LogP contribution in [0.15, 0.2) is 84.9 Å². The van der Waals surface area contributed by atoms with Crippen LogP contribution < -0.4 is 22.1 Å². The Labute approximate surface area is 197 Å². The molecule has 0 atom stereocenters. The number of hydrogen-bond donors (Lipinski definition) is 4. The van der Waals surface area contributed by atoms with Crippen LogP contribution in [0.4, 0.5) is 23.3 Å². The maximum atomic E-state index is 12.6. The highest BCUT2D eigenvalue weighted by Gasteiger charge is 2.10. The molecule has 0 fully saturated rings. The third-order valence-corrected chi connectivity index (χ3v) is 5.11. The Kier molecular flexibility index (Phi) is 6.78. The quantitative estimate of drug-likeness (QED) is 0.335. The average molecular weight is 453 g/mol. The van der Waals surface area contributed by atoms with E-state index in [2.05, 4.69) is 20.6 Å². The first-order valence-electron chi connectivity index (χ1n) is 10.7.